The van der Waals surface area contributed by atoms with E-state index in [0.29, 0.717) is 25.5 Å². The summed E-state index contributed by atoms with van der Waals surface area (Å²) in [5.74, 6) is 0.613. The zero-order valence-electron chi connectivity index (χ0n) is 11.2. The normalized spacial score (nSPS) is 21.8. The number of nitrogens with zero attached hydrogens (tertiary/aromatic N) is 3. The molecule has 0 unspecified atom stereocenters. The minimum atomic E-state index is 0.130. The molecule has 20 heavy (non-hydrogen) atoms. The van der Waals surface area contributed by atoms with Gasteiger partial charge in [-0.2, -0.15) is 5.10 Å². The molecule has 2 heterocycles. The SMILES string of the molecule is O=C1CS/C(=N/N2CCOCC2)N1Cc1ccccc1. The monoisotopic (exact) mass is 291 g/mol. The first-order chi connectivity index (χ1) is 9.83. The minimum absolute atomic E-state index is 0.130. The maximum Gasteiger partial charge on any atom is 0.239 e. The molecule has 0 aliphatic carbocycles. The molecule has 0 aromatic heterocycles. The average molecular weight is 291 g/mol. The Kier molecular flexibility index (Phi) is 4.22. The molecule has 0 spiro atoms. The summed E-state index contributed by atoms with van der Waals surface area (Å²) in [6.45, 7) is 3.58. The molecule has 1 aromatic carbocycles. The number of hydrogen-bond donors (Lipinski definition) is 0. The zero-order chi connectivity index (χ0) is 13.8. The fourth-order valence-electron chi connectivity index (χ4n) is 2.17. The Bertz CT molecular complexity index is 500. The van der Waals surface area contributed by atoms with Crippen molar-refractivity contribution in [2.45, 2.75) is 6.54 Å². The minimum Gasteiger partial charge on any atom is -0.378 e. The Morgan fingerprint density at radius 1 is 1.20 bits per heavy atom. The summed E-state index contributed by atoms with van der Waals surface area (Å²) < 4.78 is 5.31. The van der Waals surface area contributed by atoms with Gasteiger partial charge in [0.2, 0.25) is 5.91 Å². The summed E-state index contributed by atoms with van der Waals surface area (Å²) >= 11 is 1.52. The van der Waals surface area contributed by atoms with Crippen LogP contribution in [-0.4, -0.2) is 53.0 Å². The highest BCUT2D eigenvalue weighted by molar-refractivity contribution is 8.15. The Morgan fingerprint density at radius 2 is 1.95 bits per heavy atom. The van der Waals surface area contributed by atoms with Crippen LogP contribution in [0.2, 0.25) is 0 Å². The van der Waals surface area contributed by atoms with Gasteiger partial charge >= 0.3 is 0 Å². The summed E-state index contributed by atoms with van der Waals surface area (Å²) in [4.78, 5) is 13.8. The smallest absolute Gasteiger partial charge is 0.239 e. The van der Waals surface area contributed by atoms with Crippen molar-refractivity contribution < 1.29 is 9.53 Å². The van der Waals surface area contributed by atoms with Gasteiger partial charge in [-0.05, 0) is 5.56 Å². The van der Waals surface area contributed by atoms with Gasteiger partial charge in [0.1, 0.15) is 0 Å². The van der Waals surface area contributed by atoms with Crippen LogP contribution in [0.5, 0.6) is 0 Å². The van der Waals surface area contributed by atoms with E-state index in [0.717, 1.165) is 23.8 Å². The molecular weight excluding hydrogens is 274 g/mol. The molecular formula is C14H17N3O2S. The van der Waals surface area contributed by atoms with E-state index < -0.39 is 0 Å². The molecule has 0 saturated carbocycles. The van der Waals surface area contributed by atoms with Crippen molar-refractivity contribution in [3.05, 3.63) is 35.9 Å². The number of amides is 1. The topological polar surface area (TPSA) is 45.1 Å². The fourth-order valence-corrected chi connectivity index (χ4v) is 3.07. The molecule has 1 aromatic rings. The van der Waals surface area contributed by atoms with Crippen LogP contribution in [0.3, 0.4) is 0 Å². The van der Waals surface area contributed by atoms with Crippen molar-refractivity contribution in [1.82, 2.24) is 9.91 Å². The van der Waals surface area contributed by atoms with Gasteiger partial charge in [0.25, 0.3) is 0 Å². The van der Waals surface area contributed by atoms with Gasteiger partial charge in [0, 0.05) is 0 Å². The number of benzene rings is 1. The van der Waals surface area contributed by atoms with Crippen LogP contribution < -0.4 is 0 Å². The third-order valence-electron chi connectivity index (χ3n) is 3.25. The predicted molar refractivity (Wildman–Crippen MR) is 79.3 cm³/mol. The van der Waals surface area contributed by atoms with Crippen LogP contribution >= 0.6 is 11.8 Å². The standard InChI is InChI=1S/C14H17N3O2S/c18-13-11-20-14(15-16-6-8-19-9-7-16)17(13)10-12-4-2-1-3-5-12/h1-5H,6-11H2/b15-14+. The van der Waals surface area contributed by atoms with Crippen LogP contribution in [0.25, 0.3) is 0 Å². The number of morpholine rings is 1. The van der Waals surface area contributed by atoms with Crippen molar-refractivity contribution in [3.63, 3.8) is 0 Å². The van der Waals surface area contributed by atoms with E-state index >= 15 is 0 Å². The van der Waals surface area contributed by atoms with Gasteiger partial charge in [-0.1, -0.05) is 42.1 Å². The molecule has 106 valence electrons. The van der Waals surface area contributed by atoms with Gasteiger partial charge in [0.05, 0.1) is 38.6 Å². The highest BCUT2D eigenvalue weighted by Gasteiger charge is 2.29. The number of carbonyl (C=O) groups excluding carboxylic acids is 1. The number of hydrogen-bond acceptors (Lipinski definition) is 5. The van der Waals surface area contributed by atoms with Gasteiger partial charge in [0.15, 0.2) is 5.17 Å². The van der Waals surface area contributed by atoms with E-state index in [-0.39, 0.29) is 5.91 Å². The van der Waals surface area contributed by atoms with E-state index in [1.807, 2.05) is 35.3 Å². The summed E-state index contributed by atoms with van der Waals surface area (Å²) in [6.07, 6.45) is 0. The molecule has 2 saturated heterocycles. The second-order valence-electron chi connectivity index (χ2n) is 4.70. The van der Waals surface area contributed by atoms with Crippen molar-refractivity contribution in [2.24, 2.45) is 5.10 Å². The lowest BCUT2D eigenvalue weighted by Gasteiger charge is -2.25. The Hall–Kier alpha value is -1.53. The first kappa shape index (κ1) is 13.5. The first-order valence-electron chi connectivity index (χ1n) is 6.71. The molecule has 0 N–H and O–H groups in total. The zero-order valence-corrected chi connectivity index (χ0v) is 12.0. The Labute approximate surface area is 122 Å². The average Bonchev–Trinajstić information content (AvgIpc) is 2.83. The summed E-state index contributed by atoms with van der Waals surface area (Å²) in [7, 11) is 0. The molecule has 2 fully saturated rings. The summed E-state index contributed by atoms with van der Waals surface area (Å²) in [5.41, 5.74) is 1.12. The van der Waals surface area contributed by atoms with E-state index in [1.165, 1.54) is 11.8 Å². The maximum absolute atomic E-state index is 12.0. The van der Waals surface area contributed by atoms with Crippen LogP contribution in [0.4, 0.5) is 0 Å². The second-order valence-corrected chi connectivity index (χ2v) is 5.65. The maximum atomic E-state index is 12.0. The van der Waals surface area contributed by atoms with E-state index in [1.54, 1.807) is 4.90 Å². The first-order valence-corrected chi connectivity index (χ1v) is 7.70. The third kappa shape index (κ3) is 3.13. The lowest BCUT2D eigenvalue weighted by atomic mass is 10.2. The Balaban J connectivity index is 1.73. The van der Waals surface area contributed by atoms with Crippen LogP contribution in [0, 0.1) is 0 Å². The fraction of sp³-hybridized carbons (Fsp3) is 0.429. The van der Waals surface area contributed by atoms with Gasteiger partial charge < -0.3 is 4.74 Å². The van der Waals surface area contributed by atoms with E-state index in [9.17, 15) is 4.79 Å². The number of hydrazone groups is 1. The molecule has 3 rings (SSSR count). The molecule has 2 aliphatic heterocycles. The quantitative estimate of drug-likeness (QED) is 0.843. The summed E-state index contributed by atoms with van der Waals surface area (Å²) in [5, 5.41) is 7.40. The van der Waals surface area contributed by atoms with Crippen LogP contribution in [0.1, 0.15) is 5.56 Å². The number of thioether (sulfide) groups is 1. The molecule has 0 atom stereocenters. The van der Waals surface area contributed by atoms with E-state index in [2.05, 4.69) is 5.10 Å². The lowest BCUT2D eigenvalue weighted by Crippen LogP contribution is -2.36. The van der Waals surface area contributed by atoms with Gasteiger partial charge in [-0.3, -0.25) is 14.7 Å². The van der Waals surface area contributed by atoms with Gasteiger partial charge in [-0.15, -0.1) is 0 Å². The molecule has 0 bridgehead atoms. The van der Waals surface area contributed by atoms with Crippen LogP contribution in [-0.2, 0) is 16.1 Å². The predicted octanol–water partition coefficient (Wildman–Crippen LogP) is 1.37. The van der Waals surface area contributed by atoms with Crippen molar-refractivity contribution >= 4 is 22.8 Å². The number of rotatable bonds is 3. The van der Waals surface area contributed by atoms with E-state index in [4.69, 9.17) is 4.74 Å². The lowest BCUT2D eigenvalue weighted by molar-refractivity contribution is -0.124. The highest BCUT2D eigenvalue weighted by Crippen LogP contribution is 2.22. The third-order valence-corrected chi connectivity index (χ3v) is 4.21. The van der Waals surface area contributed by atoms with Crippen LogP contribution in [0.15, 0.2) is 35.4 Å². The largest absolute Gasteiger partial charge is 0.378 e. The van der Waals surface area contributed by atoms with Crippen molar-refractivity contribution in [3.8, 4) is 0 Å². The molecule has 1 amide bonds. The second kappa shape index (κ2) is 6.28. The van der Waals surface area contributed by atoms with Crippen molar-refractivity contribution in [1.29, 1.82) is 0 Å². The van der Waals surface area contributed by atoms with Crippen molar-refractivity contribution in [2.75, 3.05) is 32.1 Å². The highest BCUT2D eigenvalue weighted by atomic mass is 32.2. The molecule has 0 radical (unpaired) electrons. The molecule has 2 aliphatic rings. The number of ether oxygens (including phenoxy) is 1. The number of amidine groups is 1. The Morgan fingerprint density at radius 3 is 2.70 bits per heavy atom. The molecule has 5 nitrogen and oxygen atoms in total. The molecule has 6 heteroatoms. The van der Waals surface area contributed by atoms with Gasteiger partial charge in [-0.25, -0.2) is 0 Å². The number of carbonyl (C=O) groups is 1. The summed E-state index contributed by atoms with van der Waals surface area (Å²) in [6, 6.07) is 10.0.